The number of guanidine groups is 1. The van der Waals surface area contributed by atoms with E-state index in [1.807, 2.05) is 45.0 Å². The summed E-state index contributed by atoms with van der Waals surface area (Å²) >= 11 is 0. The molecule has 1 aliphatic rings. The summed E-state index contributed by atoms with van der Waals surface area (Å²) in [5, 5.41) is 23.1. The molecule has 1 aliphatic heterocycles. The summed E-state index contributed by atoms with van der Waals surface area (Å²) in [5.74, 6) is -1.48. The number of nitrogens with zero attached hydrogens (tertiary/aromatic N) is 1. The molecule has 4 rings (SSSR count). The largest absolute Gasteiger partial charge is 0.487 e. The second-order valence-corrected chi connectivity index (χ2v) is 15.2. The van der Waals surface area contributed by atoms with E-state index >= 15 is 0 Å². The standard InChI is InChI=1S/C36H47N5O7S/c1-21(2)26-14-12-25(13-15-26)20-41-19-9-10-28(33(41)43)32(42)39-29(34(44)45)11-8-18-38-35(37)40-49(46,47)31-23(4)22(3)30-27(24(31)5)16-17-36(6,7)48-30/h9-10,12-15,19,21,29H,8,11,16-18,20H2,1-7H3,(H,39,42)(H,44,45)(H3,37,38,40)/t29-/m0/s1. The number of rotatable bonds is 12. The van der Waals surface area contributed by atoms with Gasteiger partial charge in [-0.15, -0.1) is 0 Å². The van der Waals surface area contributed by atoms with Crippen molar-refractivity contribution < 1.29 is 27.9 Å². The van der Waals surface area contributed by atoms with Crippen molar-refractivity contribution in [2.24, 2.45) is 0 Å². The molecule has 5 N–H and O–H groups in total. The van der Waals surface area contributed by atoms with Gasteiger partial charge in [-0.1, -0.05) is 38.1 Å². The summed E-state index contributed by atoms with van der Waals surface area (Å²) in [4.78, 5) is 38.2. The van der Waals surface area contributed by atoms with Gasteiger partial charge in [-0.3, -0.25) is 15.0 Å². The highest BCUT2D eigenvalue weighted by molar-refractivity contribution is 7.90. The van der Waals surface area contributed by atoms with E-state index < -0.39 is 39.5 Å². The van der Waals surface area contributed by atoms with Crippen LogP contribution in [0.1, 0.15) is 96.6 Å². The fourth-order valence-corrected chi connectivity index (χ4v) is 7.55. The summed E-state index contributed by atoms with van der Waals surface area (Å²) in [6.07, 6.45) is 3.12. The molecule has 1 atom stereocenters. The maximum atomic E-state index is 13.4. The zero-order chi connectivity index (χ0) is 36.3. The van der Waals surface area contributed by atoms with Gasteiger partial charge in [-0.05, 0) is 112 Å². The number of benzene rings is 2. The van der Waals surface area contributed by atoms with Gasteiger partial charge in [0.25, 0.3) is 21.5 Å². The summed E-state index contributed by atoms with van der Waals surface area (Å²) in [5.41, 5.74) is 3.68. The lowest BCUT2D eigenvalue weighted by Gasteiger charge is -2.35. The Morgan fingerprint density at radius 2 is 1.73 bits per heavy atom. The highest BCUT2D eigenvalue weighted by atomic mass is 32.2. The van der Waals surface area contributed by atoms with Crippen LogP contribution in [0.3, 0.4) is 0 Å². The van der Waals surface area contributed by atoms with E-state index in [2.05, 4.69) is 29.2 Å². The van der Waals surface area contributed by atoms with E-state index in [1.165, 1.54) is 16.2 Å². The van der Waals surface area contributed by atoms with Crippen LogP contribution in [0.5, 0.6) is 5.75 Å². The maximum absolute atomic E-state index is 13.4. The fraction of sp³-hybridized carbons (Fsp3) is 0.444. The van der Waals surface area contributed by atoms with Gasteiger partial charge in [-0.25, -0.2) is 17.9 Å². The molecule has 0 fully saturated rings. The predicted molar refractivity (Wildman–Crippen MR) is 188 cm³/mol. The van der Waals surface area contributed by atoms with Crippen molar-refractivity contribution >= 4 is 27.9 Å². The van der Waals surface area contributed by atoms with Crippen LogP contribution in [0, 0.1) is 26.2 Å². The Labute approximate surface area is 287 Å². The molecule has 2 aromatic carbocycles. The third kappa shape index (κ3) is 8.69. The van der Waals surface area contributed by atoms with Crippen LogP contribution >= 0.6 is 0 Å². The lowest BCUT2D eigenvalue weighted by Crippen LogP contribution is -2.44. The second kappa shape index (κ2) is 14.9. The molecule has 0 spiro atoms. The Bertz CT molecular complexity index is 1910. The number of fused-ring (bicyclic) bond motifs is 1. The number of amides is 1. The smallest absolute Gasteiger partial charge is 0.326 e. The average molecular weight is 694 g/mol. The van der Waals surface area contributed by atoms with Crippen molar-refractivity contribution in [3.8, 4) is 5.75 Å². The zero-order valence-corrected chi connectivity index (χ0v) is 30.0. The van der Waals surface area contributed by atoms with E-state index in [4.69, 9.17) is 10.1 Å². The summed E-state index contributed by atoms with van der Waals surface area (Å²) in [7, 11) is -4.13. The normalized spacial score (nSPS) is 14.4. The predicted octanol–water partition coefficient (Wildman–Crippen LogP) is 4.51. The number of pyridine rings is 1. The van der Waals surface area contributed by atoms with Crippen LogP contribution in [-0.2, 0) is 27.8 Å². The highest BCUT2D eigenvalue weighted by Crippen LogP contribution is 2.42. The number of nitrogens with one attached hydrogen (secondary N) is 4. The number of carbonyl (C=O) groups excluding carboxylic acids is 1. The van der Waals surface area contributed by atoms with Gasteiger partial charge < -0.3 is 25.0 Å². The van der Waals surface area contributed by atoms with Gasteiger partial charge in [0.15, 0.2) is 0 Å². The molecule has 3 aromatic rings. The van der Waals surface area contributed by atoms with Crippen molar-refractivity contribution in [3.63, 3.8) is 0 Å². The first-order chi connectivity index (χ1) is 22.9. The van der Waals surface area contributed by atoms with Gasteiger partial charge in [-0.2, -0.15) is 0 Å². The van der Waals surface area contributed by atoms with Crippen LogP contribution in [0.2, 0.25) is 0 Å². The number of sulfonamides is 1. The monoisotopic (exact) mass is 693 g/mol. The van der Waals surface area contributed by atoms with Crippen molar-refractivity contribution in [2.75, 3.05) is 6.54 Å². The van der Waals surface area contributed by atoms with Gasteiger partial charge in [0.2, 0.25) is 5.96 Å². The molecule has 0 saturated heterocycles. The molecule has 1 aromatic heterocycles. The van der Waals surface area contributed by atoms with E-state index in [-0.39, 0.29) is 42.0 Å². The molecule has 49 heavy (non-hydrogen) atoms. The average Bonchev–Trinajstić information content (AvgIpc) is 3.01. The van der Waals surface area contributed by atoms with Crippen LogP contribution < -0.4 is 25.7 Å². The molecule has 13 heteroatoms. The molecule has 1 amide bonds. The van der Waals surface area contributed by atoms with E-state index in [9.17, 15) is 27.9 Å². The minimum absolute atomic E-state index is 0.0318. The molecule has 0 saturated carbocycles. The van der Waals surface area contributed by atoms with Crippen molar-refractivity contribution in [2.45, 2.75) is 103 Å². The van der Waals surface area contributed by atoms with E-state index in [0.29, 0.717) is 29.2 Å². The summed E-state index contributed by atoms with van der Waals surface area (Å²) < 4.78 is 36.8. The minimum Gasteiger partial charge on any atom is -0.487 e. The van der Waals surface area contributed by atoms with E-state index in [0.717, 1.165) is 23.1 Å². The molecule has 0 radical (unpaired) electrons. The Morgan fingerprint density at radius 1 is 1.06 bits per heavy atom. The number of hydrogen-bond donors (Lipinski definition) is 5. The Morgan fingerprint density at radius 3 is 2.37 bits per heavy atom. The Balaban J connectivity index is 1.34. The molecule has 12 nitrogen and oxygen atoms in total. The Hall–Kier alpha value is -4.65. The first-order valence-electron chi connectivity index (χ1n) is 16.4. The van der Waals surface area contributed by atoms with Gasteiger partial charge in [0.1, 0.15) is 23.0 Å². The number of ether oxygens (including phenoxy) is 1. The topological polar surface area (TPSA) is 180 Å². The second-order valence-electron chi connectivity index (χ2n) is 13.5. The molecule has 0 bridgehead atoms. The van der Waals surface area contributed by atoms with Crippen LogP contribution in [0.25, 0.3) is 0 Å². The highest BCUT2D eigenvalue weighted by Gasteiger charge is 2.34. The quantitative estimate of drug-likeness (QED) is 0.104. The number of carboxylic acid groups (broad SMARTS) is 1. The third-order valence-electron chi connectivity index (χ3n) is 9.01. The van der Waals surface area contributed by atoms with Crippen molar-refractivity contribution in [1.82, 2.24) is 19.9 Å². The number of aromatic nitrogens is 1. The van der Waals surface area contributed by atoms with Gasteiger partial charge in [0, 0.05) is 12.7 Å². The molecule has 0 aliphatic carbocycles. The van der Waals surface area contributed by atoms with Crippen LogP contribution in [-0.4, -0.2) is 54.1 Å². The molecule has 264 valence electrons. The fourth-order valence-electron chi connectivity index (χ4n) is 6.02. The minimum atomic E-state index is -4.13. The van der Waals surface area contributed by atoms with Crippen molar-refractivity contribution in [1.29, 1.82) is 5.41 Å². The first kappa shape index (κ1) is 37.2. The van der Waals surface area contributed by atoms with E-state index in [1.54, 1.807) is 26.1 Å². The van der Waals surface area contributed by atoms with Crippen LogP contribution in [0.4, 0.5) is 0 Å². The number of carbonyl (C=O) groups is 2. The zero-order valence-electron chi connectivity index (χ0n) is 29.2. The van der Waals surface area contributed by atoms with Gasteiger partial charge in [0.05, 0.1) is 11.4 Å². The molecule has 2 heterocycles. The summed E-state index contributed by atoms with van der Waals surface area (Å²) in [6.45, 7) is 13.8. The van der Waals surface area contributed by atoms with Gasteiger partial charge >= 0.3 is 5.97 Å². The molecular formula is C36H47N5O7S. The maximum Gasteiger partial charge on any atom is 0.326 e. The lowest BCUT2D eigenvalue weighted by molar-refractivity contribution is -0.139. The number of carboxylic acids is 1. The van der Waals surface area contributed by atoms with Crippen molar-refractivity contribution in [3.05, 3.63) is 91.9 Å². The number of hydrogen-bond acceptors (Lipinski definition) is 7. The Kier molecular flexibility index (Phi) is 11.3. The number of aliphatic carboxylic acids is 1. The lowest BCUT2D eigenvalue weighted by atomic mass is 9.88. The first-order valence-corrected chi connectivity index (χ1v) is 17.9. The van der Waals surface area contributed by atoms with Crippen LogP contribution in [0.15, 0.2) is 52.3 Å². The third-order valence-corrected chi connectivity index (χ3v) is 10.6. The molecular weight excluding hydrogens is 646 g/mol. The SMILES string of the molecule is Cc1c(C)c(S(=O)(=O)NC(=N)NCCC[C@H](NC(=O)c2cccn(Cc3ccc(C(C)C)cc3)c2=O)C(=O)O)c(C)c2c1OC(C)(C)CC2. The summed E-state index contributed by atoms with van der Waals surface area (Å²) in [6, 6.07) is 9.46. The molecule has 0 unspecified atom stereocenters.